The number of benzene rings is 2. The number of methoxy groups -OCH3 is 1. The van der Waals surface area contributed by atoms with Crippen LogP contribution in [0.1, 0.15) is 62.2 Å². The van der Waals surface area contributed by atoms with E-state index in [0.717, 1.165) is 17.5 Å². The summed E-state index contributed by atoms with van der Waals surface area (Å²) in [7, 11) is 3.37. The minimum absolute atomic E-state index is 0.122. The van der Waals surface area contributed by atoms with Crippen LogP contribution < -0.4 is 25.4 Å². The summed E-state index contributed by atoms with van der Waals surface area (Å²) in [6, 6.07) is 19.6. The first kappa shape index (κ1) is 44.3. The monoisotopic (exact) mass is 805 g/mol. The van der Waals surface area contributed by atoms with Gasteiger partial charge in [-0.2, -0.15) is 0 Å². The number of hydrogen-bond donors (Lipinski definition) is 3. The van der Waals surface area contributed by atoms with Crippen molar-refractivity contribution in [3.05, 3.63) is 95.5 Å². The first-order valence-corrected chi connectivity index (χ1v) is 19.1. The number of hydrogen-bond acceptors (Lipinski definition) is 10. The molecule has 306 valence electrons. The molecule has 1 saturated heterocycles. The van der Waals surface area contributed by atoms with E-state index >= 15 is 0 Å². The van der Waals surface area contributed by atoms with Gasteiger partial charge in [0.15, 0.2) is 5.76 Å². The summed E-state index contributed by atoms with van der Waals surface area (Å²) in [5, 5.41) is 8.84. The largest absolute Gasteiger partial charge is 0.497 e. The number of pyridine rings is 1. The van der Waals surface area contributed by atoms with Crippen LogP contribution in [0.4, 0.5) is 5.69 Å². The number of aromatic nitrogens is 1. The normalized spacial score (nSPS) is 14.2. The van der Waals surface area contributed by atoms with Gasteiger partial charge in [0.25, 0.3) is 5.91 Å². The summed E-state index contributed by atoms with van der Waals surface area (Å²) in [6.45, 7) is 7.73. The minimum atomic E-state index is -0.652. The third-order valence-electron chi connectivity index (χ3n) is 9.12. The van der Waals surface area contributed by atoms with Gasteiger partial charge in [0.2, 0.25) is 18.2 Å². The maximum absolute atomic E-state index is 12.9. The number of carbonyl (C=O) groups is 4. The van der Waals surface area contributed by atoms with Gasteiger partial charge in [0.1, 0.15) is 23.9 Å². The Morgan fingerprint density at radius 2 is 1.82 bits per heavy atom. The lowest BCUT2D eigenvalue weighted by Crippen LogP contribution is -2.39. The third kappa shape index (κ3) is 14.2. The molecular weight excluding hydrogens is 754 g/mol. The molecule has 1 fully saturated rings. The second-order valence-electron chi connectivity index (χ2n) is 13.9. The predicted octanol–water partition coefficient (Wildman–Crippen LogP) is 6.31. The standard InChI is InChI=1S/C32H40ClN3O8.C10H12N2O/c1-22(20-41-15-12-34-21-37)42-14-11-32(2,3)31(39)35-13-16-43-27-18-25(17-26(19-27)40-4)36-30(38)29-10-9-28(44-29)23-5-7-24(33)8-6-23;1-12-9(4-5-10(12)13)8-3-2-6-11-7-8/h5-10,17-19,21-22H,11-16,20H2,1-4H3,(H,34,37)(H,35,39)(H,36,38);2-3,6-7,9H,4-5H2,1H3. The average Bonchev–Trinajstić information content (AvgIpc) is 3.83. The van der Waals surface area contributed by atoms with Crippen LogP contribution in [0.3, 0.4) is 0 Å². The Labute approximate surface area is 338 Å². The lowest BCUT2D eigenvalue weighted by atomic mass is 9.88. The van der Waals surface area contributed by atoms with E-state index in [2.05, 4.69) is 20.9 Å². The van der Waals surface area contributed by atoms with Crippen LogP contribution in [0.15, 0.2) is 83.5 Å². The van der Waals surface area contributed by atoms with E-state index < -0.39 is 11.3 Å². The smallest absolute Gasteiger partial charge is 0.291 e. The van der Waals surface area contributed by atoms with Gasteiger partial charge in [-0.1, -0.05) is 31.5 Å². The molecular formula is C42H52ClN5O9. The molecule has 3 heterocycles. The van der Waals surface area contributed by atoms with Crippen LogP contribution in [0.25, 0.3) is 11.3 Å². The second kappa shape index (κ2) is 22.3. The fourth-order valence-electron chi connectivity index (χ4n) is 5.72. The fraction of sp³-hybridized carbons (Fsp3) is 0.405. The Morgan fingerprint density at radius 3 is 2.51 bits per heavy atom. The number of ether oxygens (including phenoxy) is 4. The zero-order valence-corrected chi connectivity index (χ0v) is 33.8. The first-order valence-electron chi connectivity index (χ1n) is 18.7. The highest BCUT2D eigenvalue weighted by Crippen LogP contribution is 2.31. The average molecular weight is 806 g/mol. The maximum Gasteiger partial charge on any atom is 0.291 e. The molecule has 15 heteroatoms. The quantitative estimate of drug-likeness (QED) is 0.0679. The molecule has 2 unspecified atom stereocenters. The SMILES string of the molecule is CN1C(=O)CCC1c1cccnc1.COc1cc(NC(=O)c2ccc(-c3ccc(Cl)cc3)o2)cc(OCCNC(=O)C(C)(C)CCOC(C)COCCNC=O)c1. The number of halogens is 1. The van der Waals surface area contributed by atoms with Crippen molar-refractivity contribution in [2.75, 3.05) is 59.0 Å². The molecule has 1 aliphatic rings. The Hall–Kier alpha value is -5.44. The van der Waals surface area contributed by atoms with Crippen LogP contribution in [-0.4, -0.2) is 93.8 Å². The third-order valence-corrected chi connectivity index (χ3v) is 9.37. The molecule has 0 bridgehead atoms. The number of nitrogens with zero attached hydrogens (tertiary/aromatic N) is 2. The number of anilines is 1. The van der Waals surface area contributed by atoms with E-state index in [1.165, 1.54) is 7.11 Å². The summed E-state index contributed by atoms with van der Waals surface area (Å²) in [4.78, 5) is 53.0. The van der Waals surface area contributed by atoms with Crippen LogP contribution in [0, 0.1) is 5.41 Å². The van der Waals surface area contributed by atoms with E-state index in [4.69, 9.17) is 35.0 Å². The molecule has 2 aromatic heterocycles. The van der Waals surface area contributed by atoms with Gasteiger partial charge in [-0.25, -0.2) is 0 Å². The van der Waals surface area contributed by atoms with Crippen molar-refractivity contribution >= 4 is 41.4 Å². The molecule has 3 N–H and O–H groups in total. The Bertz CT molecular complexity index is 1890. The highest BCUT2D eigenvalue weighted by molar-refractivity contribution is 6.30. The zero-order valence-electron chi connectivity index (χ0n) is 33.0. The van der Waals surface area contributed by atoms with Crippen molar-refractivity contribution in [1.82, 2.24) is 20.5 Å². The van der Waals surface area contributed by atoms with Crippen molar-refractivity contribution in [3.63, 3.8) is 0 Å². The van der Waals surface area contributed by atoms with Gasteiger partial charge in [0, 0.05) is 78.9 Å². The van der Waals surface area contributed by atoms with Crippen LogP contribution in [0.2, 0.25) is 5.02 Å². The van der Waals surface area contributed by atoms with E-state index in [-0.39, 0.29) is 42.9 Å². The summed E-state index contributed by atoms with van der Waals surface area (Å²) in [5.41, 5.74) is 1.74. The molecule has 4 aromatic rings. The van der Waals surface area contributed by atoms with Gasteiger partial charge in [-0.3, -0.25) is 24.2 Å². The fourth-order valence-corrected chi connectivity index (χ4v) is 5.85. The minimum Gasteiger partial charge on any atom is -0.497 e. The lowest BCUT2D eigenvalue weighted by Gasteiger charge is -2.24. The highest BCUT2D eigenvalue weighted by atomic mass is 35.5. The second-order valence-corrected chi connectivity index (χ2v) is 14.4. The first-order chi connectivity index (χ1) is 27.4. The van der Waals surface area contributed by atoms with Gasteiger partial charge in [0.05, 0.1) is 39.0 Å². The van der Waals surface area contributed by atoms with Crippen molar-refractivity contribution in [1.29, 1.82) is 0 Å². The number of likely N-dealkylation sites (tertiary alicyclic amines) is 1. The van der Waals surface area contributed by atoms with Gasteiger partial charge >= 0.3 is 0 Å². The molecule has 0 radical (unpaired) electrons. The lowest BCUT2D eigenvalue weighted by molar-refractivity contribution is -0.131. The highest BCUT2D eigenvalue weighted by Gasteiger charge is 2.29. The molecule has 14 nitrogen and oxygen atoms in total. The molecule has 1 aliphatic heterocycles. The predicted molar refractivity (Wildman–Crippen MR) is 216 cm³/mol. The number of furan rings is 1. The Balaban J connectivity index is 0.000000463. The van der Waals surface area contributed by atoms with Gasteiger partial charge < -0.3 is 44.2 Å². The van der Waals surface area contributed by atoms with Crippen molar-refractivity contribution in [3.8, 4) is 22.8 Å². The maximum atomic E-state index is 12.9. The Morgan fingerprint density at radius 1 is 1.05 bits per heavy atom. The molecule has 0 saturated carbocycles. The number of amides is 4. The Kier molecular flexibility index (Phi) is 17.4. The van der Waals surface area contributed by atoms with Crippen LogP contribution in [-0.2, 0) is 23.9 Å². The zero-order chi connectivity index (χ0) is 41.2. The van der Waals surface area contributed by atoms with Crippen molar-refractivity contribution < 1.29 is 42.5 Å². The molecule has 2 aromatic carbocycles. The topological polar surface area (TPSA) is 171 Å². The number of nitrogens with one attached hydrogen (secondary N) is 3. The van der Waals surface area contributed by atoms with E-state index in [0.29, 0.717) is 73.6 Å². The van der Waals surface area contributed by atoms with Crippen LogP contribution >= 0.6 is 11.6 Å². The molecule has 2 atom stereocenters. The van der Waals surface area contributed by atoms with Crippen molar-refractivity contribution in [2.24, 2.45) is 5.41 Å². The van der Waals surface area contributed by atoms with E-state index in [1.54, 1.807) is 53.6 Å². The van der Waals surface area contributed by atoms with E-state index in [9.17, 15) is 19.2 Å². The summed E-state index contributed by atoms with van der Waals surface area (Å²) in [5.74, 6) is 1.30. The van der Waals surface area contributed by atoms with E-state index in [1.807, 2.05) is 58.3 Å². The molecule has 4 amide bonds. The summed E-state index contributed by atoms with van der Waals surface area (Å²) < 4.78 is 28.1. The van der Waals surface area contributed by atoms with Gasteiger partial charge in [-0.15, -0.1) is 0 Å². The van der Waals surface area contributed by atoms with Crippen LogP contribution in [0.5, 0.6) is 11.5 Å². The summed E-state index contributed by atoms with van der Waals surface area (Å²) in [6.07, 6.45) is 6.17. The molecule has 57 heavy (non-hydrogen) atoms. The number of rotatable bonds is 20. The van der Waals surface area contributed by atoms with Crippen molar-refractivity contribution in [2.45, 2.75) is 52.2 Å². The molecule has 0 spiro atoms. The summed E-state index contributed by atoms with van der Waals surface area (Å²) >= 11 is 5.95. The molecule has 0 aliphatic carbocycles. The van der Waals surface area contributed by atoms with Gasteiger partial charge in [-0.05, 0) is 67.8 Å². The molecule has 5 rings (SSSR count). The number of carbonyl (C=O) groups excluding carboxylic acids is 4.